The minimum Gasteiger partial charge on any atom is -0.497 e. The summed E-state index contributed by atoms with van der Waals surface area (Å²) in [6.07, 6.45) is 14.6. The Morgan fingerprint density at radius 3 is 1.93 bits per heavy atom. The number of halogens is 1. The zero-order chi connectivity index (χ0) is 31.3. The molecule has 0 unspecified atom stereocenters. The van der Waals surface area contributed by atoms with Gasteiger partial charge in [0.2, 0.25) is 5.91 Å². The van der Waals surface area contributed by atoms with Crippen molar-refractivity contribution in [1.82, 2.24) is 14.4 Å². The summed E-state index contributed by atoms with van der Waals surface area (Å²) >= 11 is 6.64. The summed E-state index contributed by atoms with van der Waals surface area (Å²) in [5.74, 6) is 0.977. The van der Waals surface area contributed by atoms with E-state index in [1.54, 1.807) is 7.11 Å². The molecular weight excluding hydrogens is 570 g/mol. The van der Waals surface area contributed by atoms with E-state index in [1.165, 1.54) is 57.8 Å². The summed E-state index contributed by atoms with van der Waals surface area (Å²) in [6.45, 7) is 6.47. The highest BCUT2D eigenvalue weighted by Gasteiger charge is 2.28. The van der Waals surface area contributed by atoms with Gasteiger partial charge in [-0.3, -0.25) is 9.59 Å². The Hall–Kier alpha value is -3.25. The van der Waals surface area contributed by atoms with Crippen LogP contribution in [0.2, 0.25) is 5.02 Å². The molecule has 0 bridgehead atoms. The molecule has 0 N–H and O–H groups in total. The van der Waals surface area contributed by atoms with Crippen LogP contribution in [0.1, 0.15) is 100 Å². The fourth-order valence-corrected chi connectivity index (χ4v) is 6.39. The van der Waals surface area contributed by atoms with Crippen molar-refractivity contribution in [3.8, 4) is 22.7 Å². The quantitative estimate of drug-likeness (QED) is 0.150. The molecule has 1 aliphatic rings. The molecule has 0 aliphatic carbocycles. The minimum absolute atomic E-state index is 0.0134. The molecule has 1 aromatic heterocycles. The molecule has 7 heteroatoms. The third-order valence-corrected chi connectivity index (χ3v) is 9.19. The number of carbonyl (C=O) groups is 2. The van der Waals surface area contributed by atoms with Gasteiger partial charge in [0.1, 0.15) is 5.75 Å². The van der Waals surface area contributed by atoms with Gasteiger partial charge in [-0.1, -0.05) is 94.9 Å². The Balaban J connectivity index is 1.31. The number of unbranched alkanes of at least 4 members (excludes halogenated alkanes) is 10. The minimum atomic E-state index is -0.0134. The number of amides is 2. The van der Waals surface area contributed by atoms with Gasteiger partial charge in [-0.15, -0.1) is 0 Å². The first kappa shape index (κ1) is 33.6. The van der Waals surface area contributed by atoms with Crippen LogP contribution in [0, 0.1) is 6.92 Å². The molecule has 0 spiro atoms. The molecule has 0 saturated carbocycles. The topological polar surface area (TPSA) is 54.8 Å². The van der Waals surface area contributed by atoms with E-state index in [-0.39, 0.29) is 11.8 Å². The van der Waals surface area contributed by atoms with E-state index in [1.807, 2.05) is 71.3 Å². The number of nitrogens with zero attached hydrogens (tertiary/aromatic N) is 3. The van der Waals surface area contributed by atoms with Gasteiger partial charge in [-0.05, 0) is 61.4 Å². The summed E-state index contributed by atoms with van der Waals surface area (Å²) in [4.78, 5) is 30.6. The second-order valence-electron chi connectivity index (χ2n) is 12.0. The van der Waals surface area contributed by atoms with Gasteiger partial charge in [-0.25, -0.2) is 0 Å². The number of benzene rings is 2. The zero-order valence-corrected chi connectivity index (χ0v) is 27.7. The van der Waals surface area contributed by atoms with Gasteiger partial charge in [0, 0.05) is 38.3 Å². The third kappa shape index (κ3) is 8.90. The van der Waals surface area contributed by atoms with Gasteiger partial charge in [-0.2, -0.15) is 0 Å². The van der Waals surface area contributed by atoms with Crippen molar-refractivity contribution >= 4 is 23.4 Å². The SMILES string of the molecule is CCCCCCCCCCCCCC(=O)N1CCN(C(=O)c2cc(-c3ccc(OC)cc3)n(-c3ccccc3Cl)c2C)CC1. The fourth-order valence-electron chi connectivity index (χ4n) is 6.17. The largest absolute Gasteiger partial charge is 0.497 e. The fraction of sp³-hybridized carbons (Fsp3) is 0.514. The normalized spacial score (nSPS) is 13.4. The zero-order valence-electron chi connectivity index (χ0n) is 27.0. The standard InChI is InChI=1S/C37H50ClN3O3/c1-4-5-6-7-8-9-10-11-12-13-14-19-36(42)39-24-26-40(27-25-39)37(43)32-28-35(30-20-22-31(44-3)23-21-30)41(29(32)2)34-18-16-15-17-33(34)38/h15-18,20-23,28H,4-14,19,24-27H2,1-3H3. The van der Waals surface area contributed by atoms with Crippen LogP contribution in [0.5, 0.6) is 5.75 Å². The van der Waals surface area contributed by atoms with Crippen molar-refractivity contribution < 1.29 is 14.3 Å². The number of para-hydroxylation sites is 1. The van der Waals surface area contributed by atoms with E-state index in [0.29, 0.717) is 43.2 Å². The van der Waals surface area contributed by atoms with Crippen LogP contribution in [0.3, 0.4) is 0 Å². The molecule has 1 fully saturated rings. The second kappa shape index (κ2) is 17.3. The van der Waals surface area contributed by atoms with Crippen molar-refractivity contribution in [2.45, 2.75) is 90.9 Å². The first-order valence-electron chi connectivity index (χ1n) is 16.6. The van der Waals surface area contributed by atoms with E-state index in [2.05, 4.69) is 11.5 Å². The smallest absolute Gasteiger partial charge is 0.255 e. The lowest BCUT2D eigenvalue weighted by atomic mass is 10.0. The van der Waals surface area contributed by atoms with Gasteiger partial charge in [0.25, 0.3) is 5.91 Å². The van der Waals surface area contributed by atoms with E-state index in [0.717, 1.165) is 41.2 Å². The molecule has 1 aliphatic heterocycles. The molecule has 0 radical (unpaired) electrons. The molecule has 4 rings (SSSR count). The Labute approximate surface area is 269 Å². The maximum Gasteiger partial charge on any atom is 0.255 e. The molecule has 44 heavy (non-hydrogen) atoms. The first-order chi connectivity index (χ1) is 21.4. The highest BCUT2D eigenvalue weighted by molar-refractivity contribution is 6.32. The lowest BCUT2D eigenvalue weighted by molar-refractivity contribution is -0.132. The maximum atomic E-state index is 13.9. The summed E-state index contributed by atoms with van der Waals surface area (Å²) < 4.78 is 7.41. The van der Waals surface area contributed by atoms with Crippen LogP contribution >= 0.6 is 11.6 Å². The first-order valence-corrected chi connectivity index (χ1v) is 17.0. The Morgan fingerprint density at radius 2 is 1.34 bits per heavy atom. The number of hydrogen-bond acceptors (Lipinski definition) is 3. The maximum absolute atomic E-state index is 13.9. The number of carbonyl (C=O) groups excluding carboxylic acids is 2. The number of piperazine rings is 1. The van der Waals surface area contributed by atoms with Crippen LogP contribution in [0.15, 0.2) is 54.6 Å². The predicted octanol–water partition coefficient (Wildman–Crippen LogP) is 9.10. The third-order valence-electron chi connectivity index (χ3n) is 8.87. The molecule has 238 valence electrons. The van der Waals surface area contributed by atoms with E-state index in [9.17, 15) is 9.59 Å². The summed E-state index contributed by atoms with van der Waals surface area (Å²) in [5.41, 5.74) is 4.17. The van der Waals surface area contributed by atoms with Crippen molar-refractivity contribution in [2.24, 2.45) is 0 Å². The van der Waals surface area contributed by atoms with Crippen LogP contribution in [0.4, 0.5) is 0 Å². The van der Waals surface area contributed by atoms with Crippen LogP contribution in [-0.4, -0.2) is 59.5 Å². The number of hydrogen-bond donors (Lipinski definition) is 0. The Morgan fingerprint density at radius 1 is 0.773 bits per heavy atom. The number of aromatic nitrogens is 1. The van der Waals surface area contributed by atoms with E-state index in [4.69, 9.17) is 16.3 Å². The van der Waals surface area contributed by atoms with Gasteiger partial charge >= 0.3 is 0 Å². The highest BCUT2D eigenvalue weighted by atomic mass is 35.5. The molecule has 2 heterocycles. The molecule has 1 saturated heterocycles. The Kier molecular flexibility index (Phi) is 13.2. The summed E-state index contributed by atoms with van der Waals surface area (Å²) in [6, 6.07) is 17.5. The van der Waals surface area contributed by atoms with Crippen molar-refractivity contribution in [3.63, 3.8) is 0 Å². The number of methoxy groups -OCH3 is 1. The Bertz CT molecular complexity index is 1340. The lowest BCUT2D eigenvalue weighted by Gasteiger charge is -2.35. The van der Waals surface area contributed by atoms with Crippen molar-refractivity contribution in [1.29, 1.82) is 0 Å². The van der Waals surface area contributed by atoms with Gasteiger partial charge < -0.3 is 19.1 Å². The lowest BCUT2D eigenvalue weighted by Crippen LogP contribution is -2.50. The summed E-state index contributed by atoms with van der Waals surface area (Å²) in [7, 11) is 1.65. The number of rotatable bonds is 16. The molecule has 3 aromatic rings. The van der Waals surface area contributed by atoms with Gasteiger partial charge in [0.15, 0.2) is 0 Å². The van der Waals surface area contributed by atoms with Crippen LogP contribution in [-0.2, 0) is 4.79 Å². The number of ether oxygens (including phenoxy) is 1. The van der Waals surface area contributed by atoms with Crippen LogP contribution < -0.4 is 4.74 Å². The monoisotopic (exact) mass is 619 g/mol. The van der Waals surface area contributed by atoms with E-state index >= 15 is 0 Å². The molecule has 6 nitrogen and oxygen atoms in total. The second-order valence-corrected chi connectivity index (χ2v) is 12.4. The average molecular weight is 620 g/mol. The van der Waals surface area contributed by atoms with Crippen LogP contribution in [0.25, 0.3) is 16.9 Å². The van der Waals surface area contributed by atoms with Crippen molar-refractivity contribution in [3.05, 3.63) is 70.9 Å². The molecular formula is C37H50ClN3O3. The summed E-state index contributed by atoms with van der Waals surface area (Å²) in [5, 5.41) is 0.616. The molecule has 2 amide bonds. The average Bonchev–Trinajstić information content (AvgIpc) is 3.39. The van der Waals surface area contributed by atoms with E-state index < -0.39 is 0 Å². The highest BCUT2D eigenvalue weighted by Crippen LogP contribution is 2.34. The predicted molar refractivity (Wildman–Crippen MR) is 181 cm³/mol. The van der Waals surface area contributed by atoms with Gasteiger partial charge in [0.05, 0.1) is 29.1 Å². The molecule has 0 atom stereocenters. The van der Waals surface area contributed by atoms with Crippen molar-refractivity contribution in [2.75, 3.05) is 33.3 Å². The molecule has 2 aromatic carbocycles.